The highest BCUT2D eigenvalue weighted by Crippen LogP contribution is 2.49. The molecule has 5 nitrogen and oxygen atoms in total. The predicted molar refractivity (Wildman–Crippen MR) is 143 cm³/mol. The van der Waals surface area contributed by atoms with E-state index in [1.807, 2.05) is 38.1 Å². The first-order valence-corrected chi connectivity index (χ1v) is 13.2. The molecule has 1 saturated carbocycles. The van der Waals surface area contributed by atoms with E-state index < -0.39 is 0 Å². The Morgan fingerprint density at radius 1 is 1.20 bits per heavy atom. The Balaban J connectivity index is 1.51. The summed E-state index contributed by atoms with van der Waals surface area (Å²) < 4.78 is 1.70. The van der Waals surface area contributed by atoms with Gasteiger partial charge >= 0.3 is 0 Å². The monoisotopic (exact) mass is 485 g/mol. The van der Waals surface area contributed by atoms with Gasteiger partial charge in [0.1, 0.15) is 0 Å². The molecule has 5 rings (SSSR count). The summed E-state index contributed by atoms with van der Waals surface area (Å²) in [5.74, 6) is 0.0504. The molecular formula is C29H31N3O2S. The number of carbonyl (C=O) groups excluding carboxylic acids is 1. The van der Waals surface area contributed by atoms with Gasteiger partial charge in [-0.2, -0.15) is 0 Å². The quantitative estimate of drug-likeness (QED) is 0.272. The summed E-state index contributed by atoms with van der Waals surface area (Å²) in [6, 6.07) is 14.3. The number of thioether (sulfide) groups is 1. The Labute approximate surface area is 210 Å². The zero-order valence-electron chi connectivity index (χ0n) is 20.4. The number of hydrogen-bond donors (Lipinski definition) is 1. The standard InChI is InChI=1S/C29H31N3O2S/c1-4-15-32-27(34)25-26(22-10-6-5-9-21(22)17-29(25)13-7-8-14-29)31-28(32)35-18-24(33)30-23-12-11-19(2)16-20(23)3/h4-6,9-12,16H,1,7-8,13-15,17-18H2,2-3H3,(H,30,33). The average molecular weight is 486 g/mol. The van der Waals surface area contributed by atoms with Crippen LogP contribution in [0.15, 0.2) is 65.1 Å². The van der Waals surface area contributed by atoms with Crippen LogP contribution in [-0.4, -0.2) is 21.2 Å². The van der Waals surface area contributed by atoms with Crippen LogP contribution in [0.1, 0.15) is 47.9 Å². The van der Waals surface area contributed by atoms with E-state index in [2.05, 4.69) is 30.1 Å². The van der Waals surface area contributed by atoms with E-state index in [1.165, 1.54) is 17.3 Å². The first kappa shape index (κ1) is 23.6. The predicted octanol–water partition coefficient (Wildman–Crippen LogP) is 5.81. The zero-order valence-corrected chi connectivity index (χ0v) is 21.2. The van der Waals surface area contributed by atoms with Crippen LogP contribution in [0.5, 0.6) is 0 Å². The SMILES string of the molecule is C=CCn1c(SCC(=O)Nc2ccc(C)cc2C)nc2c(c1=O)C1(CCCC1)Cc1ccccc1-2. The van der Waals surface area contributed by atoms with Gasteiger partial charge in [0.2, 0.25) is 5.91 Å². The number of aryl methyl sites for hydroxylation is 2. The van der Waals surface area contributed by atoms with Crippen molar-refractivity contribution in [1.29, 1.82) is 0 Å². The number of hydrogen-bond acceptors (Lipinski definition) is 4. The van der Waals surface area contributed by atoms with Gasteiger partial charge in [0.05, 0.1) is 17.0 Å². The van der Waals surface area contributed by atoms with Crippen molar-refractivity contribution in [2.45, 2.75) is 63.1 Å². The Hall–Kier alpha value is -3.12. The molecule has 0 bridgehead atoms. The fourth-order valence-electron chi connectivity index (χ4n) is 5.72. The van der Waals surface area contributed by atoms with Gasteiger partial charge in [0.15, 0.2) is 5.16 Å². The molecule has 0 unspecified atom stereocenters. The van der Waals surface area contributed by atoms with Gasteiger partial charge in [-0.15, -0.1) is 6.58 Å². The van der Waals surface area contributed by atoms with Crippen molar-refractivity contribution in [3.63, 3.8) is 0 Å². The number of amides is 1. The molecule has 0 saturated heterocycles. The second-order valence-electron chi connectivity index (χ2n) is 9.80. The summed E-state index contributed by atoms with van der Waals surface area (Å²) in [6.07, 6.45) is 6.93. The molecule has 2 aliphatic carbocycles. The van der Waals surface area contributed by atoms with Crippen LogP contribution in [-0.2, 0) is 23.2 Å². The third kappa shape index (κ3) is 4.36. The highest BCUT2D eigenvalue weighted by molar-refractivity contribution is 7.99. The molecule has 35 heavy (non-hydrogen) atoms. The lowest BCUT2D eigenvalue weighted by Gasteiger charge is -2.36. The summed E-state index contributed by atoms with van der Waals surface area (Å²) in [5, 5.41) is 3.56. The van der Waals surface area contributed by atoms with Crippen LogP contribution in [0.4, 0.5) is 5.69 Å². The van der Waals surface area contributed by atoms with Gasteiger partial charge in [-0.3, -0.25) is 14.2 Å². The van der Waals surface area contributed by atoms with E-state index in [1.54, 1.807) is 10.6 Å². The van der Waals surface area contributed by atoms with Crippen LogP contribution in [0.2, 0.25) is 0 Å². The topological polar surface area (TPSA) is 64.0 Å². The second-order valence-corrected chi connectivity index (χ2v) is 10.7. The summed E-state index contributed by atoms with van der Waals surface area (Å²) >= 11 is 1.31. The molecule has 180 valence electrons. The van der Waals surface area contributed by atoms with Gasteiger partial charge in [-0.25, -0.2) is 4.98 Å². The smallest absolute Gasteiger partial charge is 0.258 e. The Kier molecular flexibility index (Phi) is 6.41. The minimum absolute atomic E-state index is 0.0172. The normalized spacial score (nSPS) is 15.5. The molecule has 1 amide bonds. The molecule has 0 atom stereocenters. The van der Waals surface area contributed by atoms with Gasteiger partial charge in [-0.05, 0) is 50.3 Å². The number of nitrogens with one attached hydrogen (secondary N) is 1. The van der Waals surface area contributed by atoms with Crippen molar-refractivity contribution in [2.24, 2.45) is 0 Å². The molecule has 2 aliphatic rings. The van der Waals surface area contributed by atoms with E-state index >= 15 is 0 Å². The van der Waals surface area contributed by atoms with Crippen LogP contribution >= 0.6 is 11.8 Å². The van der Waals surface area contributed by atoms with Gasteiger partial charge in [0, 0.05) is 23.2 Å². The van der Waals surface area contributed by atoms with E-state index in [9.17, 15) is 9.59 Å². The Bertz CT molecular complexity index is 1370. The summed E-state index contributed by atoms with van der Waals surface area (Å²) in [7, 11) is 0. The lowest BCUT2D eigenvalue weighted by molar-refractivity contribution is -0.113. The number of aromatic nitrogens is 2. The molecule has 1 fully saturated rings. The van der Waals surface area contributed by atoms with Crippen molar-refractivity contribution < 1.29 is 4.79 Å². The maximum Gasteiger partial charge on any atom is 0.258 e. The van der Waals surface area contributed by atoms with Crippen molar-refractivity contribution in [3.05, 3.63) is 87.7 Å². The number of carbonyl (C=O) groups is 1. The van der Waals surface area contributed by atoms with Gasteiger partial charge in [0.25, 0.3) is 5.56 Å². The largest absolute Gasteiger partial charge is 0.325 e. The van der Waals surface area contributed by atoms with Crippen LogP contribution in [0.3, 0.4) is 0 Å². The molecule has 0 radical (unpaired) electrons. The van der Waals surface area contributed by atoms with Crippen molar-refractivity contribution >= 4 is 23.4 Å². The highest BCUT2D eigenvalue weighted by Gasteiger charge is 2.44. The molecule has 1 aromatic heterocycles. The van der Waals surface area contributed by atoms with Crippen LogP contribution in [0.25, 0.3) is 11.3 Å². The molecule has 6 heteroatoms. The molecule has 1 spiro atoms. The fourth-order valence-corrected chi connectivity index (χ4v) is 6.52. The van der Waals surface area contributed by atoms with E-state index in [0.717, 1.165) is 65.7 Å². The third-order valence-electron chi connectivity index (χ3n) is 7.33. The van der Waals surface area contributed by atoms with Gasteiger partial charge in [-0.1, -0.05) is 72.6 Å². The number of rotatable bonds is 6. The molecular weight excluding hydrogens is 454 g/mol. The lowest BCUT2D eigenvalue weighted by atomic mass is 9.68. The highest BCUT2D eigenvalue weighted by atomic mass is 32.2. The van der Waals surface area contributed by atoms with Crippen LogP contribution in [0, 0.1) is 13.8 Å². The number of allylic oxidation sites excluding steroid dienone is 1. The zero-order chi connectivity index (χ0) is 24.6. The molecule has 1 heterocycles. The molecule has 3 aromatic rings. The Morgan fingerprint density at radius 2 is 1.97 bits per heavy atom. The van der Waals surface area contributed by atoms with Crippen molar-refractivity contribution in [2.75, 3.05) is 11.1 Å². The molecule has 2 aromatic carbocycles. The second kappa shape index (κ2) is 9.50. The van der Waals surface area contributed by atoms with E-state index in [4.69, 9.17) is 4.98 Å². The number of benzene rings is 2. The fraction of sp³-hybridized carbons (Fsp3) is 0.345. The number of anilines is 1. The lowest BCUT2D eigenvalue weighted by Crippen LogP contribution is -2.40. The summed E-state index contributed by atoms with van der Waals surface area (Å²) in [4.78, 5) is 31.8. The van der Waals surface area contributed by atoms with Crippen molar-refractivity contribution in [1.82, 2.24) is 9.55 Å². The maximum absolute atomic E-state index is 14.0. The number of nitrogens with zero attached hydrogens (tertiary/aromatic N) is 2. The van der Waals surface area contributed by atoms with E-state index in [-0.39, 0.29) is 22.6 Å². The molecule has 1 N–H and O–H groups in total. The minimum atomic E-state index is -0.139. The summed E-state index contributed by atoms with van der Waals surface area (Å²) in [5.41, 5.74) is 6.84. The first-order chi connectivity index (χ1) is 16.9. The van der Waals surface area contributed by atoms with Gasteiger partial charge < -0.3 is 5.32 Å². The van der Waals surface area contributed by atoms with Crippen molar-refractivity contribution in [3.8, 4) is 11.3 Å². The summed E-state index contributed by atoms with van der Waals surface area (Å²) in [6.45, 7) is 8.26. The van der Waals surface area contributed by atoms with E-state index in [0.29, 0.717) is 11.7 Å². The average Bonchev–Trinajstić information content (AvgIpc) is 3.29. The number of fused-ring (bicyclic) bond motifs is 4. The van der Waals surface area contributed by atoms with Crippen LogP contribution < -0.4 is 10.9 Å². The Morgan fingerprint density at radius 3 is 2.71 bits per heavy atom. The molecule has 0 aliphatic heterocycles. The minimum Gasteiger partial charge on any atom is -0.325 e. The third-order valence-corrected chi connectivity index (χ3v) is 8.30. The maximum atomic E-state index is 14.0. The first-order valence-electron chi connectivity index (χ1n) is 12.3.